The van der Waals surface area contributed by atoms with E-state index in [0.29, 0.717) is 15.2 Å². The molecule has 0 bridgehead atoms. The summed E-state index contributed by atoms with van der Waals surface area (Å²) in [6.45, 7) is 2.11. The summed E-state index contributed by atoms with van der Waals surface area (Å²) in [7, 11) is -4.03. The van der Waals surface area contributed by atoms with Crippen molar-refractivity contribution in [1.82, 2.24) is 4.57 Å². The zero-order valence-electron chi connectivity index (χ0n) is 17.4. The summed E-state index contributed by atoms with van der Waals surface area (Å²) < 4.78 is 35.6. The Morgan fingerprint density at radius 2 is 1.82 bits per heavy atom. The molecule has 0 saturated heterocycles. The molecule has 33 heavy (non-hydrogen) atoms. The predicted molar refractivity (Wildman–Crippen MR) is 130 cm³/mol. The van der Waals surface area contributed by atoms with E-state index in [1.165, 1.54) is 24.3 Å². The Bertz CT molecular complexity index is 1510. The van der Waals surface area contributed by atoms with Gasteiger partial charge in [-0.05, 0) is 48.9 Å². The molecular formula is C23H19ClN2O5S2. The van der Waals surface area contributed by atoms with Gasteiger partial charge in [-0.1, -0.05) is 53.3 Å². The molecular weight excluding hydrogens is 484 g/mol. The number of hydrogen-bond donors (Lipinski definition) is 1. The third-order valence-corrected chi connectivity index (χ3v) is 7.58. The fourth-order valence-electron chi connectivity index (χ4n) is 3.32. The first-order chi connectivity index (χ1) is 15.8. The maximum atomic E-state index is 13.0. The number of carbonyl (C=O) groups excluding carboxylic acids is 1. The Balaban J connectivity index is 1.68. The molecule has 1 heterocycles. The second-order valence-electron chi connectivity index (χ2n) is 7.05. The summed E-state index contributed by atoms with van der Waals surface area (Å²) >= 11 is 7.18. The Labute approximate surface area is 199 Å². The van der Waals surface area contributed by atoms with E-state index in [1.807, 2.05) is 18.2 Å². The molecule has 7 nitrogen and oxygen atoms in total. The zero-order valence-corrected chi connectivity index (χ0v) is 19.8. The number of halogens is 1. The van der Waals surface area contributed by atoms with Crippen molar-refractivity contribution in [1.29, 1.82) is 0 Å². The summed E-state index contributed by atoms with van der Waals surface area (Å²) in [6.07, 6.45) is 0. The Morgan fingerprint density at radius 1 is 1.09 bits per heavy atom. The van der Waals surface area contributed by atoms with Crippen molar-refractivity contribution in [3.05, 3.63) is 92.5 Å². The first-order valence-electron chi connectivity index (χ1n) is 9.96. The van der Waals surface area contributed by atoms with Crippen LogP contribution in [0.3, 0.4) is 0 Å². The summed E-state index contributed by atoms with van der Waals surface area (Å²) in [5.74, 6) is -0.624. The molecule has 0 fully saturated rings. The van der Waals surface area contributed by atoms with Crippen molar-refractivity contribution in [2.24, 2.45) is 0 Å². The molecule has 4 aromatic rings. The highest BCUT2D eigenvalue weighted by Crippen LogP contribution is 2.26. The second kappa shape index (κ2) is 9.38. The largest absolute Gasteiger partial charge is 0.462 e. The average molecular weight is 503 g/mol. The second-order valence-corrected chi connectivity index (χ2v) is 10.1. The smallest absolute Gasteiger partial charge is 0.340 e. The van der Waals surface area contributed by atoms with Crippen molar-refractivity contribution >= 4 is 54.8 Å². The molecule has 0 unspecified atom stereocenters. The van der Waals surface area contributed by atoms with E-state index in [9.17, 15) is 18.0 Å². The van der Waals surface area contributed by atoms with Crippen LogP contribution >= 0.6 is 22.9 Å². The van der Waals surface area contributed by atoms with Crippen LogP contribution in [0.5, 0.6) is 0 Å². The number of rotatable bonds is 7. The molecule has 1 N–H and O–H groups in total. The van der Waals surface area contributed by atoms with Crippen LogP contribution in [-0.4, -0.2) is 25.6 Å². The van der Waals surface area contributed by atoms with Crippen molar-refractivity contribution in [3.63, 3.8) is 0 Å². The van der Waals surface area contributed by atoms with Crippen molar-refractivity contribution in [2.45, 2.75) is 18.4 Å². The molecule has 0 amide bonds. The molecule has 0 radical (unpaired) electrons. The summed E-state index contributed by atoms with van der Waals surface area (Å²) in [5.41, 5.74) is 1.62. The number of nitrogens with zero attached hydrogens (tertiary/aromatic N) is 1. The molecule has 0 atom stereocenters. The van der Waals surface area contributed by atoms with E-state index in [4.69, 9.17) is 16.3 Å². The van der Waals surface area contributed by atoms with E-state index in [-0.39, 0.29) is 34.2 Å². The highest BCUT2D eigenvalue weighted by molar-refractivity contribution is 7.92. The molecule has 4 rings (SSSR count). The van der Waals surface area contributed by atoms with Gasteiger partial charge in [0.05, 0.1) is 39.5 Å². The first-order valence-corrected chi connectivity index (χ1v) is 12.6. The highest BCUT2D eigenvalue weighted by Gasteiger charge is 2.21. The topological polar surface area (TPSA) is 94.5 Å². The third kappa shape index (κ3) is 4.80. The van der Waals surface area contributed by atoms with Gasteiger partial charge in [-0.15, -0.1) is 0 Å². The van der Waals surface area contributed by atoms with Gasteiger partial charge in [0.1, 0.15) is 0 Å². The van der Waals surface area contributed by atoms with Gasteiger partial charge in [0, 0.05) is 5.02 Å². The number of carbonyl (C=O) groups is 1. The van der Waals surface area contributed by atoms with Crippen LogP contribution in [0.15, 0.2) is 76.4 Å². The number of para-hydroxylation sites is 1. The van der Waals surface area contributed by atoms with Crippen LogP contribution in [0, 0.1) is 0 Å². The fraction of sp³-hybridized carbons (Fsp3) is 0.130. The predicted octanol–water partition coefficient (Wildman–Crippen LogP) is 4.74. The Hall–Kier alpha value is -3.14. The Kier molecular flexibility index (Phi) is 6.55. The number of anilines is 1. The van der Waals surface area contributed by atoms with E-state index in [1.54, 1.807) is 35.8 Å². The molecule has 0 saturated carbocycles. The molecule has 1 aromatic heterocycles. The van der Waals surface area contributed by atoms with Gasteiger partial charge in [0.25, 0.3) is 10.0 Å². The molecule has 3 aromatic carbocycles. The maximum Gasteiger partial charge on any atom is 0.340 e. The number of fused-ring (bicyclic) bond motifs is 1. The molecule has 0 aliphatic heterocycles. The Morgan fingerprint density at radius 3 is 2.58 bits per heavy atom. The summed E-state index contributed by atoms with van der Waals surface area (Å²) in [4.78, 5) is 24.5. The van der Waals surface area contributed by atoms with Gasteiger partial charge >= 0.3 is 10.8 Å². The number of ether oxygens (including phenoxy) is 1. The minimum absolute atomic E-state index is 0.0280. The van der Waals surface area contributed by atoms with E-state index in [2.05, 4.69) is 4.72 Å². The summed E-state index contributed by atoms with van der Waals surface area (Å²) in [6, 6.07) is 17.9. The number of nitrogens with one attached hydrogen (secondary N) is 1. The molecule has 170 valence electrons. The van der Waals surface area contributed by atoms with Gasteiger partial charge in [0.2, 0.25) is 0 Å². The van der Waals surface area contributed by atoms with Gasteiger partial charge in [-0.2, -0.15) is 0 Å². The van der Waals surface area contributed by atoms with Crippen LogP contribution in [0.4, 0.5) is 5.69 Å². The molecule has 0 aliphatic rings. The van der Waals surface area contributed by atoms with Gasteiger partial charge in [-0.3, -0.25) is 14.1 Å². The van der Waals surface area contributed by atoms with Gasteiger partial charge in [-0.25, -0.2) is 13.2 Å². The van der Waals surface area contributed by atoms with Gasteiger partial charge in [0.15, 0.2) is 0 Å². The summed E-state index contributed by atoms with van der Waals surface area (Å²) in [5, 5.41) is 0.549. The average Bonchev–Trinajstić information content (AvgIpc) is 3.10. The van der Waals surface area contributed by atoms with Crippen molar-refractivity contribution < 1.29 is 17.9 Å². The van der Waals surface area contributed by atoms with Crippen LogP contribution in [0.2, 0.25) is 5.02 Å². The normalized spacial score (nSPS) is 11.5. The highest BCUT2D eigenvalue weighted by atomic mass is 35.5. The number of hydrogen-bond acceptors (Lipinski definition) is 6. The number of thiazole rings is 1. The third-order valence-electron chi connectivity index (χ3n) is 4.90. The van der Waals surface area contributed by atoms with E-state index >= 15 is 0 Å². The zero-order chi connectivity index (χ0) is 23.6. The number of benzene rings is 3. The maximum absolute atomic E-state index is 13.0. The van der Waals surface area contributed by atoms with Crippen LogP contribution in [-0.2, 0) is 21.3 Å². The van der Waals surface area contributed by atoms with Crippen molar-refractivity contribution in [2.75, 3.05) is 11.3 Å². The van der Waals surface area contributed by atoms with E-state index in [0.717, 1.165) is 16.9 Å². The quantitative estimate of drug-likeness (QED) is 0.368. The SMILES string of the molecule is CCOC(=O)c1ccccc1NS(=O)(=O)c1ccc2c(c1)sc(=O)n2Cc1ccccc1Cl. The lowest BCUT2D eigenvalue weighted by Crippen LogP contribution is -2.16. The molecule has 10 heteroatoms. The van der Waals surface area contributed by atoms with E-state index < -0.39 is 16.0 Å². The van der Waals surface area contributed by atoms with Crippen LogP contribution < -0.4 is 9.60 Å². The number of sulfonamides is 1. The molecule has 0 spiro atoms. The van der Waals surface area contributed by atoms with Gasteiger partial charge < -0.3 is 4.74 Å². The minimum atomic E-state index is -4.03. The standard InChI is InChI=1S/C23H19ClN2O5S2/c1-2-31-22(27)17-8-4-6-10-19(17)25-33(29,30)16-11-12-20-21(13-16)32-23(28)26(20)14-15-7-3-5-9-18(15)24/h3-13,25H,2,14H2,1H3. The fourth-order valence-corrected chi connectivity index (χ4v) is 5.63. The number of esters is 1. The first kappa shape index (κ1) is 23.0. The lowest BCUT2D eigenvalue weighted by Gasteiger charge is -2.12. The van der Waals surface area contributed by atoms with Crippen LogP contribution in [0.1, 0.15) is 22.8 Å². The van der Waals surface area contributed by atoms with Crippen molar-refractivity contribution in [3.8, 4) is 0 Å². The monoisotopic (exact) mass is 502 g/mol. The van der Waals surface area contributed by atoms with Crippen LogP contribution in [0.25, 0.3) is 10.2 Å². The lowest BCUT2D eigenvalue weighted by atomic mass is 10.2. The molecule has 0 aliphatic carbocycles. The minimum Gasteiger partial charge on any atom is -0.462 e. The lowest BCUT2D eigenvalue weighted by molar-refractivity contribution is 0.0527. The number of aromatic nitrogens is 1.